The predicted molar refractivity (Wildman–Crippen MR) is 133 cm³/mol. The van der Waals surface area contributed by atoms with Crippen LogP contribution in [-0.4, -0.2) is 30.8 Å². The largest absolute Gasteiger partial charge is 0.505 e. The van der Waals surface area contributed by atoms with Gasteiger partial charge in [0.2, 0.25) is 0 Å². The molecule has 0 bridgehead atoms. The molecule has 0 aliphatic heterocycles. The van der Waals surface area contributed by atoms with Gasteiger partial charge in [-0.2, -0.15) is 15.0 Å². The summed E-state index contributed by atoms with van der Waals surface area (Å²) in [4.78, 5) is 21.3. The molecule has 3 aromatic carbocycles. The number of nitrogens with one attached hydrogen (secondary N) is 1. The number of nitriles is 1. The van der Waals surface area contributed by atoms with Crippen molar-refractivity contribution in [3.8, 4) is 17.8 Å². The molecule has 5 aromatic rings. The first kappa shape index (κ1) is 22.6. The third-order valence-electron chi connectivity index (χ3n) is 5.19. The second-order valence-electron chi connectivity index (χ2n) is 7.46. The van der Waals surface area contributed by atoms with Crippen molar-refractivity contribution in [3.05, 3.63) is 95.4 Å². The van der Waals surface area contributed by atoms with Crippen molar-refractivity contribution in [2.45, 2.75) is 0 Å². The molecule has 0 spiro atoms. The number of anilines is 1. The van der Waals surface area contributed by atoms with Crippen LogP contribution in [0.3, 0.4) is 0 Å². The second-order valence-corrected chi connectivity index (χ2v) is 7.89. The summed E-state index contributed by atoms with van der Waals surface area (Å²) in [6.45, 7) is 0. The summed E-state index contributed by atoms with van der Waals surface area (Å²) in [5.74, 6) is -0.650. The lowest BCUT2D eigenvalue weighted by atomic mass is 10.0. The van der Waals surface area contributed by atoms with Crippen molar-refractivity contribution in [2.24, 2.45) is 10.2 Å². The molecule has 10 nitrogen and oxygen atoms in total. The fraction of sp³-hybridized carbons (Fsp3) is 0. The number of azo groups is 1. The monoisotopic (exact) mass is 494 g/mol. The average Bonchev–Trinajstić information content (AvgIpc) is 3.32. The number of halogens is 1. The zero-order valence-corrected chi connectivity index (χ0v) is 19.1. The number of fused-ring (bicyclic) bond motifs is 1. The summed E-state index contributed by atoms with van der Waals surface area (Å²) in [6, 6.07) is 18.9. The Morgan fingerprint density at radius 1 is 1.06 bits per heavy atom. The van der Waals surface area contributed by atoms with E-state index in [-0.39, 0.29) is 34.3 Å². The van der Waals surface area contributed by atoms with Crippen LogP contribution in [-0.2, 0) is 0 Å². The van der Waals surface area contributed by atoms with Crippen LogP contribution < -0.4 is 5.32 Å². The lowest BCUT2D eigenvalue weighted by Gasteiger charge is -2.11. The smallest absolute Gasteiger partial charge is 0.259 e. The Morgan fingerprint density at radius 3 is 2.56 bits per heavy atom. The maximum atomic E-state index is 13.0. The molecule has 0 saturated heterocycles. The van der Waals surface area contributed by atoms with Crippen LogP contribution in [0.1, 0.15) is 15.9 Å². The summed E-state index contributed by atoms with van der Waals surface area (Å²) < 4.78 is 1.26. The fourth-order valence-corrected chi connectivity index (χ4v) is 3.61. The highest BCUT2D eigenvalue weighted by Gasteiger charge is 2.20. The van der Waals surface area contributed by atoms with Gasteiger partial charge in [0.15, 0.2) is 11.6 Å². The number of carbonyl (C=O) groups excluding carboxylic acids is 1. The zero-order chi connectivity index (χ0) is 25.1. The van der Waals surface area contributed by atoms with Gasteiger partial charge >= 0.3 is 0 Å². The summed E-state index contributed by atoms with van der Waals surface area (Å²) in [5, 5.41) is 37.7. The van der Waals surface area contributed by atoms with Crippen LogP contribution in [0.5, 0.6) is 5.75 Å². The number of phenolic OH excluding ortho intramolecular Hbond substituents is 1. The number of aromatic nitrogens is 4. The highest BCUT2D eigenvalue weighted by atomic mass is 35.5. The number of rotatable bonds is 5. The van der Waals surface area contributed by atoms with E-state index in [2.05, 4.69) is 30.6 Å². The molecule has 5 rings (SSSR count). The molecular formula is C25H15ClN8O2. The lowest BCUT2D eigenvalue weighted by molar-refractivity contribution is 0.102. The van der Waals surface area contributed by atoms with E-state index in [0.29, 0.717) is 21.5 Å². The number of amides is 1. The Labute approximate surface area is 209 Å². The minimum absolute atomic E-state index is 0.00185. The summed E-state index contributed by atoms with van der Waals surface area (Å²) in [5.41, 5.74) is 0.690. The van der Waals surface area contributed by atoms with Crippen molar-refractivity contribution < 1.29 is 9.90 Å². The molecule has 0 fully saturated rings. The molecule has 2 heterocycles. The van der Waals surface area contributed by atoms with E-state index >= 15 is 0 Å². The van der Waals surface area contributed by atoms with Crippen LogP contribution in [0.4, 0.5) is 17.2 Å². The Kier molecular flexibility index (Phi) is 6.05. The van der Waals surface area contributed by atoms with Crippen LogP contribution in [0, 0.1) is 11.3 Å². The molecule has 2 N–H and O–H groups in total. The first-order valence-electron chi connectivity index (χ1n) is 10.5. The van der Waals surface area contributed by atoms with Crippen LogP contribution in [0.2, 0.25) is 5.02 Å². The van der Waals surface area contributed by atoms with Gasteiger partial charge in [-0.05, 0) is 41.8 Å². The number of carbonyl (C=O) groups is 1. The highest BCUT2D eigenvalue weighted by Crippen LogP contribution is 2.40. The molecule has 174 valence electrons. The normalized spacial score (nSPS) is 11.0. The van der Waals surface area contributed by atoms with Gasteiger partial charge in [0, 0.05) is 28.5 Å². The van der Waals surface area contributed by atoms with Gasteiger partial charge in [-0.15, -0.1) is 10.2 Å². The highest BCUT2D eigenvalue weighted by molar-refractivity contribution is 6.30. The van der Waals surface area contributed by atoms with E-state index in [9.17, 15) is 15.2 Å². The molecule has 0 radical (unpaired) electrons. The number of benzene rings is 3. The fourth-order valence-electron chi connectivity index (χ4n) is 3.48. The number of aromatic hydroxyl groups is 1. The molecule has 2 aromatic heterocycles. The van der Waals surface area contributed by atoms with E-state index in [1.165, 1.54) is 23.3 Å². The van der Waals surface area contributed by atoms with Crippen molar-refractivity contribution in [3.63, 3.8) is 0 Å². The van der Waals surface area contributed by atoms with Gasteiger partial charge < -0.3 is 10.4 Å². The molecule has 0 atom stereocenters. The molecule has 36 heavy (non-hydrogen) atoms. The maximum absolute atomic E-state index is 13.0. The molecular weight excluding hydrogens is 480 g/mol. The van der Waals surface area contributed by atoms with Crippen LogP contribution in [0.25, 0.3) is 16.7 Å². The minimum Gasteiger partial charge on any atom is -0.505 e. The minimum atomic E-state index is -0.544. The Morgan fingerprint density at radius 2 is 1.81 bits per heavy atom. The first-order chi connectivity index (χ1) is 17.5. The van der Waals surface area contributed by atoms with Crippen molar-refractivity contribution >= 4 is 45.5 Å². The summed E-state index contributed by atoms with van der Waals surface area (Å²) >= 11 is 5.92. The predicted octanol–water partition coefficient (Wildman–Crippen LogP) is 5.71. The average molecular weight is 495 g/mol. The van der Waals surface area contributed by atoms with Gasteiger partial charge in [-0.1, -0.05) is 35.9 Å². The van der Waals surface area contributed by atoms with Crippen molar-refractivity contribution in [2.75, 3.05) is 5.32 Å². The Bertz CT molecular complexity index is 1660. The van der Waals surface area contributed by atoms with Crippen LogP contribution >= 0.6 is 11.6 Å². The maximum Gasteiger partial charge on any atom is 0.259 e. The van der Waals surface area contributed by atoms with E-state index < -0.39 is 5.91 Å². The van der Waals surface area contributed by atoms with Crippen molar-refractivity contribution in [1.82, 2.24) is 19.7 Å². The number of phenols is 1. The number of nitrogens with zero attached hydrogens (tertiary/aromatic N) is 7. The van der Waals surface area contributed by atoms with Gasteiger partial charge in [-0.3, -0.25) is 4.79 Å². The van der Waals surface area contributed by atoms with Gasteiger partial charge in [0.05, 0.1) is 11.8 Å². The molecule has 0 saturated carbocycles. The Balaban J connectivity index is 1.60. The topological polar surface area (TPSA) is 141 Å². The van der Waals surface area contributed by atoms with Crippen molar-refractivity contribution in [1.29, 1.82) is 5.26 Å². The number of hydrogen-bond acceptors (Lipinski definition) is 8. The zero-order valence-electron chi connectivity index (χ0n) is 18.4. The second kappa shape index (κ2) is 9.61. The quantitative estimate of drug-likeness (QED) is 0.299. The first-order valence-corrected chi connectivity index (χ1v) is 10.9. The lowest BCUT2D eigenvalue weighted by Crippen LogP contribution is -2.12. The molecule has 0 aliphatic carbocycles. The molecule has 0 aliphatic rings. The van der Waals surface area contributed by atoms with E-state index in [1.807, 2.05) is 6.07 Å². The SMILES string of the molecule is N#Cc1cnn(-c2ncccn2)c1N=Nc1c(O)c(C(=O)Nc2ccc(Cl)cc2)cc2ccccc12. The third-order valence-corrected chi connectivity index (χ3v) is 5.44. The number of hydrogen-bond donors (Lipinski definition) is 2. The van der Waals surface area contributed by atoms with Crippen LogP contribution in [0.15, 0.2) is 89.5 Å². The third kappa shape index (κ3) is 4.34. The Hall–Kier alpha value is -5.14. The van der Waals surface area contributed by atoms with Gasteiger partial charge in [0.1, 0.15) is 17.3 Å². The van der Waals surface area contributed by atoms with Gasteiger partial charge in [0.25, 0.3) is 11.9 Å². The molecule has 11 heteroatoms. The van der Waals surface area contributed by atoms with E-state index in [1.54, 1.807) is 60.7 Å². The standard InChI is InChI=1S/C25H15ClN8O2/c26-17-6-8-18(9-7-17)31-24(36)20-12-15-4-1-2-5-19(15)21(22(20)35)32-33-23-16(13-27)14-30-34(23)25-28-10-3-11-29-25/h1-12,14,35H,(H,31,36). The van der Waals surface area contributed by atoms with E-state index in [4.69, 9.17) is 11.6 Å². The van der Waals surface area contributed by atoms with Gasteiger partial charge in [-0.25, -0.2) is 9.97 Å². The summed E-state index contributed by atoms with van der Waals surface area (Å²) in [6.07, 6.45) is 4.37. The van der Waals surface area contributed by atoms with E-state index in [0.717, 1.165) is 0 Å². The summed E-state index contributed by atoms with van der Waals surface area (Å²) in [7, 11) is 0. The molecule has 0 unspecified atom stereocenters. The molecule has 1 amide bonds.